The van der Waals surface area contributed by atoms with Gasteiger partial charge >= 0.3 is 0 Å². The molecule has 1 aromatic carbocycles. The molecule has 3 heterocycles. The molecule has 2 atom stereocenters. The van der Waals surface area contributed by atoms with Crippen LogP contribution in [0.4, 0.5) is 0 Å². The van der Waals surface area contributed by atoms with Gasteiger partial charge in [-0.05, 0) is 60.8 Å². The Bertz CT molecular complexity index is 1160. The number of amides is 1. The van der Waals surface area contributed by atoms with Crippen LogP contribution >= 0.6 is 22.9 Å². The minimum atomic E-state index is -2.82. The van der Waals surface area contributed by atoms with E-state index in [4.69, 9.17) is 16.1 Å². The van der Waals surface area contributed by atoms with Crippen molar-refractivity contribution < 1.29 is 13.5 Å². The van der Waals surface area contributed by atoms with Crippen LogP contribution in [0.25, 0.3) is 10.7 Å². The number of carbonyl (C=O) groups is 1. The Morgan fingerprint density at radius 2 is 2.16 bits per heavy atom. The molecule has 1 aliphatic rings. The van der Waals surface area contributed by atoms with Gasteiger partial charge < -0.3 is 9.42 Å². The first kappa shape index (κ1) is 23.0. The number of hydrogen-bond acceptors (Lipinski definition) is 6. The molecule has 0 saturated carbocycles. The van der Waals surface area contributed by atoms with E-state index in [1.54, 1.807) is 33.5 Å². The Labute approximate surface area is 197 Å². The normalized spacial score (nSPS) is 18.5. The minimum absolute atomic E-state index is 0.0921. The molecule has 32 heavy (non-hydrogen) atoms. The lowest BCUT2D eigenvalue weighted by Crippen LogP contribution is -2.47. The molecule has 1 amide bonds. The Balaban J connectivity index is 1.54. The minimum Gasteiger partial charge on any atom is -0.337 e. The van der Waals surface area contributed by atoms with Crippen molar-refractivity contribution in [3.63, 3.8) is 0 Å². The molecule has 2 unspecified atom stereocenters. The van der Waals surface area contributed by atoms with Gasteiger partial charge in [0.05, 0.1) is 14.6 Å². The van der Waals surface area contributed by atoms with Crippen molar-refractivity contribution in [3.8, 4) is 10.7 Å². The van der Waals surface area contributed by atoms with Gasteiger partial charge in [0.1, 0.15) is 12.6 Å². The van der Waals surface area contributed by atoms with Gasteiger partial charge in [0, 0.05) is 23.0 Å². The first-order valence-electron chi connectivity index (χ1n) is 10.4. The first-order chi connectivity index (χ1) is 15.4. The van der Waals surface area contributed by atoms with Crippen LogP contribution in [0.2, 0.25) is 5.02 Å². The average molecular weight is 493 g/mol. The molecule has 1 saturated heterocycles. The molecule has 0 N–H and O–H groups in total. The van der Waals surface area contributed by atoms with Gasteiger partial charge in [-0.1, -0.05) is 29.7 Å². The molecule has 4 rings (SSSR count). The van der Waals surface area contributed by atoms with Gasteiger partial charge in [-0.3, -0.25) is 4.79 Å². The van der Waals surface area contributed by atoms with E-state index >= 15 is 0 Å². The molecule has 1 aliphatic heterocycles. The third kappa shape index (κ3) is 4.76. The van der Waals surface area contributed by atoms with Crippen molar-refractivity contribution in [1.82, 2.24) is 19.3 Å². The molecule has 0 bridgehead atoms. The van der Waals surface area contributed by atoms with Gasteiger partial charge in [-0.2, -0.15) is 4.98 Å². The average Bonchev–Trinajstić information content (AvgIpc) is 3.54. The van der Waals surface area contributed by atoms with E-state index in [9.17, 15) is 9.00 Å². The maximum atomic E-state index is 13.7. The fourth-order valence-electron chi connectivity index (χ4n) is 3.86. The van der Waals surface area contributed by atoms with Crippen molar-refractivity contribution in [2.24, 2.45) is 0 Å². The Morgan fingerprint density at radius 1 is 1.38 bits per heavy atom. The van der Waals surface area contributed by atoms with Crippen LogP contribution in [0.15, 0.2) is 51.2 Å². The summed E-state index contributed by atoms with van der Waals surface area (Å²) < 4.78 is 20.8. The Morgan fingerprint density at radius 3 is 2.84 bits per heavy atom. The summed E-state index contributed by atoms with van der Waals surface area (Å²) in [6.07, 6.45) is 2.18. The van der Waals surface area contributed by atoms with E-state index < -0.39 is 15.7 Å². The van der Waals surface area contributed by atoms with Crippen molar-refractivity contribution >= 4 is 44.4 Å². The van der Waals surface area contributed by atoms with Gasteiger partial charge in [-0.15, -0.1) is 11.3 Å². The summed E-state index contributed by atoms with van der Waals surface area (Å²) >= 11 is 7.51. The van der Waals surface area contributed by atoms with Gasteiger partial charge in [-0.25, -0.2) is 8.51 Å². The SMILES string of the molecule is C=S(=O)(c1ccc(Cl)cc1)N1CCCC1C(=O)N(CCC)Cc1nc(-c2cccs2)no1. The van der Waals surface area contributed by atoms with E-state index in [0.29, 0.717) is 41.1 Å². The second kappa shape index (κ2) is 9.74. The third-order valence-electron chi connectivity index (χ3n) is 5.39. The number of rotatable bonds is 8. The molecular weight excluding hydrogens is 468 g/mol. The highest BCUT2D eigenvalue weighted by molar-refractivity contribution is 7.98. The van der Waals surface area contributed by atoms with Crippen LogP contribution in [0.3, 0.4) is 0 Å². The summed E-state index contributed by atoms with van der Waals surface area (Å²) in [6.45, 7) is 3.31. The summed E-state index contributed by atoms with van der Waals surface area (Å²) in [5.74, 6) is 4.81. The van der Waals surface area contributed by atoms with Crippen LogP contribution in [0.5, 0.6) is 0 Å². The monoisotopic (exact) mass is 492 g/mol. The lowest BCUT2D eigenvalue weighted by atomic mass is 10.2. The van der Waals surface area contributed by atoms with E-state index in [0.717, 1.165) is 17.7 Å². The first-order valence-corrected chi connectivity index (χ1v) is 13.4. The molecule has 10 heteroatoms. The number of nitrogens with zero attached hydrogens (tertiary/aromatic N) is 4. The van der Waals surface area contributed by atoms with Crippen molar-refractivity contribution in [2.45, 2.75) is 43.7 Å². The zero-order chi connectivity index (χ0) is 22.7. The summed E-state index contributed by atoms with van der Waals surface area (Å²) in [4.78, 5) is 21.2. The zero-order valence-corrected chi connectivity index (χ0v) is 20.2. The van der Waals surface area contributed by atoms with E-state index in [2.05, 4.69) is 16.0 Å². The number of carbonyl (C=O) groups excluding carboxylic acids is 1. The summed E-state index contributed by atoms with van der Waals surface area (Å²) in [5, 5.41) is 6.55. The summed E-state index contributed by atoms with van der Waals surface area (Å²) in [7, 11) is -2.82. The Hall–Kier alpha value is -2.20. The van der Waals surface area contributed by atoms with Gasteiger partial charge in [0.25, 0.3) is 0 Å². The van der Waals surface area contributed by atoms with E-state index in [1.165, 1.54) is 11.3 Å². The van der Waals surface area contributed by atoms with Gasteiger partial charge in [0.2, 0.25) is 17.6 Å². The molecule has 7 nitrogen and oxygen atoms in total. The quantitative estimate of drug-likeness (QED) is 0.437. The van der Waals surface area contributed by atoms with Crippen molar-refractivity contribution in [3.05, 3.63) is 52.7 Å². The predicted octanol–water partition coefficient (Wildman–Crippen LogP) is 4.35. The van der Waals surface area contributed by atoms with Crippen LogP contribution in [0.1, 0.15) is 32.1 Å². The van der Waals surface area contributed by atoms with Crippen LogP contribution in [0, 0.1) is 0 Å². The lowest BCUT2D eigenvalue weighted by molar-refractivity contribution is -0.135. The highest BCUT2D eigenvalue weighted by Crippen LogP contribution is 2.29. The van der Waals surface area contributed by atoms with Crippen LogP contribution in [-0.4, -0.2) is 54.5 Å². The number of hydrogen-bond donors (Lipinski definition) is 0. The number of halogens is 1. The second-order valence-corrected chi connectivity index (χ2v) is 11.2. The maximum absolute atomic E-state index is 13.7. The van der Waals surface area contributed by atoms with Crippen molar-refractivity contribution in [1.29, 1.82) is 0 Å². The van der Waals surface area contributed by atoms with Crippen LogP contribution in [-0.2, 0) is 21.0 Å². The topological polar surface area (TPSA) is 79.5 Å². The fourth-order valence-corrected chi connectivity index (χ4v) is 6.50. The molecule has 1 fully saturated rings. The molecule has 3 aromatic rings. The molecule has 0 aliphatic carbocycles. The zero-order valence-electron chi connectivity index (χ0n) is 17.8. The van der Waals surface area contributed by atoms with Gasteiger partial charge in [0.15, 0.2) is 0 Å². The third-order valence-corrected chi connectivity index (χ3v) is 8.71. The molecular formula is C22H25ClN4O3S2. The molecule has 0 spiro atoms. The van der Waals surface area contributed by atoms with Crippen molar-refractivity contribution in [2.75, 3.05) is 13.1 Å². The smallest absolute Gasteiger partial charge is 0.246 e. The fraction of sp³-hybridized carbons (Fsp3) is 0.364. The highest BCUT2D eigenvalue weighted by atomic mass is 35.5. The van der Waals surface area contributed by atoms with E-state index in [1.807, 2.05) is 24.4 Å². The highest BCUT2D eigenvalue weighted by Gasteiger charge is 2.38. The van der Waals surface area contributed by atoms with E-state index in [-0.39, 0.29) is 12.5 Å². The molecule has 2 aromatic heterocycles. The molecule has 170 valence electrons. The number of benzene rings is 1. The standard InChI is InChI=1S/C22H25ClN4O3S2/c1-3-12-26(15-20-24-21(25-30-20)19-7-5-14-31-19)22(28)18-6-4-13-27(18)32(2,29)17-10-8-16(23)9-11-17/h5,7-11,14,18H,2-4,6,12-13,15H2,1H3. The second-order valence-electron chi connectivity index (χ2n) is 7.64. The predicted molar refractivity (Wildman–Crippen MR) is 128 cm³/mol. The largest absolute Gasteiger partial charge is 0.337 e. The maximum Gasteiger partial charge on any atom is 0.246 e. The Kier molecular flexibility index (Phi) is 6.99. The summed E-state index contributed by atoms with van der Waals surface area (Å²) in [6, 6.07) is 10.2. The number of aromatic nitrogens is 2. The molecule has 0 radical (unpaired) electrons. The summed E-state index contributed by atoms with van der Waals surface area (Å²) in [5.41, 5.74) is 0. The van der Waals surface area contributed by atoms with Crippen LogP contribution < -0.4 is 0 Å². The number of thiophene rings is 1. The lowest BCUT2D eigenvalue weighted by Gasteiger charge is -2.31.